The van der Waals surface area contributed by atoms with Crippen molar-refractivity contribution >= 4 is 34.5 Å². The molecular weight excluding hydrogens is 567 g/mol. The van der Waals surface area contributed by atoms with Gasteiger partial charge >= 0.3 is 6.03 Å². The highest BCUT2D eigenvalue weighted by Crippen LogP contribution is 2.36. The maximum Gasteiger partial charge on any atom is 0.320 e. The number of fused-ring (bicyclic) bond motifs is 1. The Labute approximate surface area is 246 Å². The van der Waals surface area contributed by atoms with Crippen LogP contribution in [0, 0.1) is 17.5 Å². The molecule has 2 aliphatic heterocycles. The van der Waals surface area contributed by atoms with Crippen molar-refractivity contribution in [3.8, 4) is 11.4 Å². The number of piperazine rings is 1. The van der Waals surface area contributed by atoms with E-state index in [1.807, 2.05) is 21.9 Å². The number of nitrogen functional groups attached to an aromatic ring is 1. The van der Waals surface area contributed by atoms with Crippen LogP contribution < -0.4 is 5.73 Å². The highest BCUT2D eigenvalue weighted by Gasteiger charge is 2.33. The first-order chi connectivity index (χ1) is 20.2. The predicted octanol–water partition coefficient (Wildman–Crippen LogP) is 5.71. The number of nitrogens with zero attached hydrogens (tertiary/aromatic N) is 6. The number of rotatable bonds is 4. The zero-order valence-corrected chi connectivity index (χ0v) is 23.9. The van der Waals surface area contributed by atoms with Crippen molar-refractivity contribution in [3.63, 3.8) is 0 Å². The van der Waals surface area contributed by atoms with E-state index >= 15 is 0 Å². The fourth-order valence-electron chi connectivity index (χ4n) is 6.12. The summed E-state index contributed by atoms with van der Waals surface area (Å²) in [6, 6.07) is 10.2. The lowest BCUT2D eigenvalue weighted by Gasteiger charge is -2.43. The van der Waals surface area contributed by atoms with Crippen LogP contribution in [0.4, 0.5) is 23.8 Å². The van der Waals surface area contributed by atoms with Crippen LogP contribution in [0.1, 0.15) is 31.4 Å². The largest absolute Gasteiger partial charge is 0.384 e. The van der Waals surface area contributed by atoms with Crippen LogP contribution >= 0.6 is 11.6 Å². The number of hydrogen-bond donors (Lipinski definition) is 1. The van der Waals surface area contributed by atoms with E-state index in [0.717, 1.165) is 18.7 Å². The lowest BCUT2D eigenvalue weighted by atomic mass is 10.0. The first-order valence-electron chi connectivity index (χ1n) is 14.0. The summed E-state index contributed by atoms with van der Waals surface area (Å²) >= 11 is 6.18. The molecule has 2 fully saturated rings. The first-order valence-corrected chi connectivity index (χ1v) is 14.4. The minimum atomic E-state index is -1.02. The third-order valence-corrected chi connectivity index (χ3v) is 8.48. The molecule has 0 spiro atoms. The molecule has 2 aromatic heterocycles. The second-order valence-electron chi connectivity index (χ2n) is 11.0. The number of piperidine rings is 1. The molecular formula is C30H31ClF3N7O. The Morgan fingerprint density at radius 1 is 1.00 bits per heavy atom. The van der Waals surface area contributed by atoms with Gasteiger partial charge in [-0.15, -0.1) is 0 Å². The van der Waals surface area contributed by atoms with E-state index in [-0.39, 0.29) is 29.5 Å². The molecule has 4 heterocycles. The summed E-state index contributed by atoms with van der Waals surface area (Å²) < 4.78 is 45.3. The fourth-order valence-corrected chi connectivity index (χ4v) is 6.29. The van der Waals surface area contributed by atoms with Gasteiger partial charge in [0.25, 0.3) is 0 Å². The molecule has 2 aliphatic rings. The number of pyridine rings is 1. The lowest BCUT2D eigenvalue weighted by Crippen LogP contribution is -2.57. The molecule has 12 heteroatoms. The minimum Gasteiger partial charge on any atom is -0.384 e. The minimum absolute atomic E-state index is 0.00813. The van der Waals surface area contributed by atoms with Crippen molar-refractivity contribution < 1.29 is 18.0 Å². The van der Waals surface area contributed by atoms with Gasteiger partial charge in [-0.25, -0.2) is 27.9 Å². The number of amides is 2. The van der Waals surface area contributed by atoms with Gasteiger partial charge in [0.15, 0.2) is 0 Å². The maximum atomic E-state index is 14.9. The number of carbonyl (C=O) groups excluding carboxylic acids is 1. The Kier molecular flexibility index (Phi) is 7.71. The van der Waals surface area contributed by atoms with Crippen LogP contribution in [0.15, 0.2) is 48.7 Å². The summed E-state index contributed by atoms with van der Waals surface area (Å²) in [6.07, 6.45) is 2.84. The molecule has 220 valence electrons. The number of nitrogens with two attached hydrogens (primary N) is 1. The molecule has 4 aromatic rings. The molecule has 2 N–H and O–H groups in total. The highest BCUT2D eigenvalue weighted by molar-refractivity contribution is 6.31. The van der Waals surface area contributed by atoms with Crippen LogP contribution in [0.25, 0.3) is 22.4 Å². The normalized spacial score (nSPS) is 18.6. The molecule has 42 heavy (non-hydrogen) atoms. The quantitative estimate of drug-likeness (QED) is 0.326. The van der Waals surface area contributed by atoms with E-state index < -0.39 is 17.5 Å². The van der Waals surface area contributed by atoms with Crippen LogP contribution in [0.5, 0.6) is 0 Å². The number of halogens is 4. The van der Waals surface area contributed by atoms with Gasteiger partial charge in [-0.1, -0.05) is 11.6 Å². The van der Waals surface area contributed by atoms with Crippen molar-refractivity contribution in [1.29, 1.82) is 0 Å². The molecule has 1 atom stereocenters. The standard InChI is InChI=1S/C30H31ClF3N7O/c1-18-16-40(11-10-39(18)17-19-4-7-36-27(35)12-19)30(42)38-8-5-22(6-9-38)41-26-3-2-20(31)13-25(26)37-29(41)28-23(33)14-21(32)15-24(28)34/h2-4,7,12-15,18,22H,5-6,8-11,16-17H2,1H3,(H2,35,36)/t18-/m0/s1. The Balaban J connectivity index is 1.16. The predicted molar refractivity (Wildman–Crippen MR) is 155 cm³/mol. The van der Waals surface area contributed by atoms with Crippen LogP contribution in [0.3, 0.4) is 0 Å². The fraction of sp³-hybridized carbons (Fsp3) is 0.367. The molecule has 2 amide bonds. The number of carbonyl (C=O) groups is 1. The van der Waals surface area contributed by atoms with Gasteiger partial charge in [0.2, 0.25) is 0 Å². The third kappa shape index (κ3) is 5.50. The van der Waals surface area contributed by atoms with Gasteiger partial charge in [0.1, 0.15) is 29.1 Å². The third-order valence-electron chi connectivity index (χ3n) is 8.25. The summed E-state index contributed by atoms with van der Waals surface area (Å²) in [7, 11) is 0. The van der Waals surface area contributed by atoms with Gasteiger partial charge in [-0.3, -0.25) is 4.90 Å². The molecule has 0 unspecified atom stereocenters. The van der Waals surface area contributed by atoms with Crippen molar-refractivity contribution in [3.05, 3.63) is 76.7 Å². The number of likely N-dealkylation sites (tertiary alicyclic amines) is 1. The van der Waals surface area contributed by atoms with Crippen LogP contribution in [-0.4, -0.2) is 74.0 Å². The van der Waals surface area contributed by atoms with Crippen molar-refractivity contribution in [2.45, 2.75) is 38.4 Å². The maximum absolute atomic E-state index is 14.9. The smallest absolute Gasteiger partial charge is 0.320 e. The van der Waals surface area contributed by atoms with Gasteiger partial charge in [0, 0.05) is 74.7 Å². The molecule has 0 aliphatic carbocycles. The monoisotopic (exact) mass is 597 g/mol. The Morgan fingerprint density at radius 3 is 2.43 bits per heavy atom. The molecule has 2 aromatic carbocycles. The zero-order valence-electron chi connectivity index (χ0n) is 23.1. The van der Waals surface area contributed by atoms with Gasteiger partial charge < -0.3 is 20.1 Å². The molecule has 2 saturated heterocycles. The van der Waals surface area contributed by atoms with Crippen molar-refractivity contribution in [1.82, 2.24) is 29.2 Å². The van der Waals surface area contributed by atoms with Gasteiger partial charge in [-0.05, 0) is 55.7 Å². The number of urea groups is 1. The summed E-state index contributed by atoms with van der Waals surface area (Å²) in [4.78, 5) is 28.1. The van der Waals surface area contributed by atoms with Crippen molar-refractivity contribution in [2.24, 2.45) is 0 Å². The number of aromatic nitrogens is 3. The van der Waals surface area contributed by atoms with Crippen LogP contribution in [-0.2, 0) is 6.54 Å². The number of hydrogen-bond acceptors (Lipinski definition) is 5. The average molecular weight is 598 g/mol. The van der Waals surface area contributed by atoms with E-state index in [9.17, 15) is 18.0 Å². The van der Waals surface area contributed by atoms with Gasteiger partial charge in [-0.2, -0.15) is 0 Å². The summed E-state index contributed by atoms with van der Waals surface area (Å²) in [6.45, 7) is 5.78. The highest BCUT2D eigenvalue weighted by atomic mass is 35.5. The SMILES string of the molecule is C[C@H]1CN(C(=O)N2CCC(n3c(-c4c(F)cc(F)cc4F)nc4cc(Cl)ccc43)CC2)CCN1Cc1ccnc(N)c1. The second-order valence-corrected chi connectivity index (χ2v) is 11.5. The number of benzene rings is 2. The van der Waals surface area contributed by atoms with E-state index in [0.29, 0.717) is 73.0 Å². The second kappa shape index (κ2) is 11.4. The lowest BCUT2D eigenvalue weighted by molar-refractivity contribution is 0.0712. The van der Waals surface area contributed by atoms with Crippen LogP contribution in [0.2, 0.25) is 5.02 Å². The van der Waals surface area contributed by atoms with E-state index in [1.54, 1.807) is 29.0 Å². The molecule has 0 bridgehead atoms. The summed E-state index contributed by atoms with van der Waals surface area (Å²) in [5.41, 5.74) is 7.69. The Bertz CT molecular complexity index is 1620. The number of imidazole rings is 1. The first kappa shape index (κ1) is 28.3. The Morgan fingerprint density at radius 2 is 1.74 bits per heavy atom. The molecule has 8 nitrogen and oxygen atoms in total. The van der Waals surface area contributed by atoms with Crippen molar-refractivity contribution in [2.75, 3.05) is 38.5 Å². The Hall–Kier alpha value is -3.83. The number of anilines is 1. The van der Waals surface area contributed by atoms with E-state index in [1.165, 1.54) is 0 Å². The van der Waals surface area contributed by atoms with Gasteiger partial charge in [0.05, 0.1) is 16.6 Å². The molecule has 0 radical (unpaired) electrons. The summed E-state index contributed by atoms with van der Waals surface area (Å²) in [5.74, 6) is -2.48. The summed E-state index contributed by atoms with van der Waals surface area (Å²) in [5, 5.41) is 0.443. The average Bonchev–Trinajstić information content (AvgIpc) is 3.31. The van der Waals surface area contributed by atoms with E-state index in [2.05, 4.69) is 21.8 Å². The topological polar surface area (TPSA) is 83.5 Å². The molecule has 6 rings (SSSR count). The molecule has 0 saturated carbocycles. The zero-order chi connectivity index (χ0) is 29.5. The van der Waals surface area contributed by atoms with E-state index in [4.69, 9.17) is 17.3 Å².